The normalized spacial score (nSPS) is 17.0. The Kier molecular flexibility index (Phi) is 5.77. The minimum Gasteiger partial charge on any atom is -0.480 e. The number of hydrogen-bond acceptors (Lipinski definition) is 3. The number of aliphatic carboxylic acids is 1. The van der Waals surface area contributed by atoms with Crippen LogP contribution in [-0.2, 0) is 20.7 Å². The van der Waals surface area contributed by atoms with Crippen molar-refractivity contribution in [1.29, 1.82) is 0 Å². The van der Waals surface area contributed by atoms with Crippen molar-refractivity contribution in [3.8, 4) is 0 Å². The lowest BCUT2D eigenvalue weighted by Crippen LogP contribution is -2.57. The Labute approximate surface area is 137 Å². The first-order chi connectivity index (χ1) is 10.9. The maximum Gasteiger partial charge on any atom is 0.329 e. The highest BCUT2D eigenvalue weighted by Crippen LogP contribution is 2.21. The number of rotatable bonds is 6. The number of carboxylic acid groups (broad SMARTS) is 1. The second kappa shape index (κ2) is 7.59. The first-order valence-corrected chi connectivity index (χ1v) is 8.14. The Morgan fingerprint density at radius 3 is 2.35 bits per heavy atom. The zero-order chi connectivity index (χ0) is 16.9. The van der Waals surface area contributed by atoms with Crippen molar-refractivity contribution in [2.75, 3.05) is 13.2 Å². The molecule has 5 nitrogen and oxygen atoms in total. The highest BCUT2D eigenvalue weighted by Gasteiger charge is 2.41. The fraction of sp³-hybridized carbons (Fsp3) is 0.556. The van der Waals surface area contributed by atoms with Crippen molar-refractivity contribution in [3.63, 3.8) is 0 Å². The molecule has 1 heterocycles. The molecule has 0 aromatic heterocycles. The molecule has 1 amide bonds. The number of amides is 1. The molecule has 1 saturated heterocycles. The lowest BCUT2D eigenvalue weighted by molar-refractivity contribution is -0.152. The molecule has 1 aliphatic rings. The van der Waals surface area contributed by atoms with Gasteiger partial charge in [-0.15, -0.1) is 0 Å². The third-order valence-electron chi connectivity index (χ3n) is 4.42. The van der Waals surface area contributed by atoms with Crippen LogP contribution >= 0.6 is 0 Å². The van der Waals surface area contributed by atoms with E-state index in [0.717, 1.165) is 5.56 Å². The molecule has 2 N–H and O–H groups in total. The molecule has 23 heavy (non-hydrogen) atoms. The van der Waals surface area contributed by atoms with Crippen LogP contribution in [0.3, 0.4) is 0 Å². The zero-order valence-corrected chi connectivity index (χ0v) is 13.8. The van der Waals surface area contributed by atoms with Crippen LogP contribution in [0.2, 0.25) is 0 Å². The first-order valence-electron chi connectivity index (χ1n) is 8.14. The van der Waals surface area contributed by atoms with Gasteiger partial charge >= 0.3 is 5.97 Å². The Balaban J connectivity index is 1.90. The van der Waals surface area contributed by atoms with Crippen molar-refractivity contribution >= 4 is 11.9 Å². The monoisotopic (exact) mass is 319 g/mol. The largest absolute Gasteiger partial charge is 0.480 e. The van der Waals surface area contributed by atoms with E-state index >= 15 is 0 Å². The number of benzene rings is 1. The van der Waals surface area contributed by atoms with E-state index in [0.29, 0.717) is 38.4 Å². The molecule has 0 aliphatic carbocycles. The van der Waals surface area contributed by atoms with Crippen LogP contribution in [0.5, 0.6) is 0 Å². The minimum absolute atomic E-state index is 0.220. The molecular weight excluding hydrogens is 294 g/mol. The molecule has 0 spiro atoms. The van der Waals surface area contributed by atoms with Gasteiger partial charge < -0.3 is 15.2 Å². The van der Waals surface area contributed by atoms with Crippen molar-refractivity contribution in [3.05, 3.63) is 35.4 Å². The van der Waals surface area contributed by atoms with Crippen LogP contribution < -0.4 is 5.32 Å². The van der Waals surface area contributed by atoms with Gasteiger partial charge in [0.25, 0.3) is 0 Å². The molecule has 1 aromatic carbocycles. The fourth-order valence-corrected chi connectivity index (χ4v) is 2.77. The number of carbonyl (C=O) groups is 2. The van der Waals surface area contributed by atoms with Gasteiger partial charge in [-0.05, 0) is 23.5 Å². The predicted molar refractivity (Wildman–Crippen MR) is 87.4 cm³/mol. The van der Waals surface area contributed by atoms with Gasteiger partial charge in [0.1, 0.15) is 5.54 Å². The van der Waals surface area contributed by atoms with Crippen LogP contribution in [0.25, 0.3) is 0 Å². The summed E-state index contributed by atoms with van der Waals surface area (Å²) in [5, 5.41) is 12.1. The number of ether oxygens (including phenoxy) is 1. The fourth-order valence-electron chi connectivity index (χ4n) is 2.77. The molecular formula is C18H25NO4. The molecule has 0 atom stereocenters. The van der Waals surface area contributed by atoms with E-state index in [2.05, 4.69) is 31.3 Å². The quantitative estimate of drug-likeness (QED) is 0.844. The maximum absolute atomic E-state index is 12.2. The molecule has 126 valence electrons. The molecule has 5 heteroatoms. The van der Waals surface area contributed by atoms with Crippen molar-refractivity contribution in [2.45, 2.75) is 51.0 Å². The average molecular weight is 319 g/mol. The van der Waals surface area contributed by atoms with Crippen molar-refractivity contribution < 1.29 is 19.4 Å². The molecule has 0 saturated carbocycles. The summed E-state index contributed by atoms with van der Waals surface area (Å²) in [5.41, 5.74) is 1.18. The lowest BCUT2D eigenvalue weighted by atomic mass is 9.90. The second-order valence-corrected chi connectivity index (χ2v) is 6.44. The summed E-state index contributed by atoms with van der Waals surface area (Å²) >= 11 is 0. The van der Waals surface area contributed by atoms with Gasteiger partial charge in [0, 0.05) is 32.5 Å². The summed E-state index contributed by atoms with van der Waals surface area (Å²) in [7, 11) is 0. The molecule has 0 unspecified atom stereocenters. The third-order valence-corrected chi connectivity index (χ3v) is 4.42. The Hall–Kier alpha value is -1.88. The van der Waals surface area contributed by atoms with E-state index in [1.54, 1.807) is 0 Å². The van der Waals surface area contributed by atoms with Crippen LogP contribution in [0.15, 0.2) is 24.3 Å². The van der Waals surface area contributed by atoms with Gasteiger partial charge in [0.15, 0.2) is 0 Å². The van der Waals surface area contributed by atoms with Crippen molar-refractivity contribution in [1.82, 2.24) is 5.32 Å². The van der Waals surface area contributed by atoms with Gasteiger partial charge in [-0.1, -0.05) is 38.1 Å². The van der Waals surface area contributed by atoms with Crippen LogP contribution in [-0.4, -0.2) is 35.7 Å². The number of hydrogen-bond donors (Lipinski definition) is 2. The van der Waals surface area contributed by atoms with E-state index in [1.165, 1.54) is 5.56 Å². The van der Waals surface area contributed by atoms with Crippen LogP contribution in [0.4, 0.5) is 0 Å². The topological polar surface area (TPSA) is 75.6 Å². The summed E-state index contributed by atoms with van der Waals surface area (Å²) in [6, 6.07) is 8.22. The highest BCUT2D eigenvalue weighted by molar-refractivity contribution is 5.87. The van der Waals surface area contributed by atoms with Gasteiger partial charge in [-0.2, -0.15) is 0 Å². The van der Waals surface area contributed by atoms with E-state index in [-0.39, 0.29) is 12.3 Å². The van der Waals surface area contributed by atoms with Crippen LogP contribution in [0.1, 0.15) is 50.2 Å². The summed E-state index contributed by atoms with van der Waals surface area (Å²) < 4.78 is 5.20. The molecule has 0 bridgehead atoms. The van der Waals surface area contributed by atoms with E-state index < -0.39 is 11.5 Å². The summed E-state index contributed by atoms with van der Waals surface area (Å²) in [6.07, 6.45) is 1.53. The molecule has 0 radical (unpaired) electrons. The van der Waals surface area contributed by atoms with Gasteiger partial charge in [0.2, 0.25) is 5.91 Å². The van der Waals surface area contributed by atoms with E-state index in [4.69, 9.17) is 4.74 Å². The summed E-state index contributed by atoms with van der Waals surface area (Å²) in [5.74, 6) is -0.714. The second-order valence-electron chi connectivity index (χ2n) is 6.44. The number of carboxylic acids is 1. The van der Waals surface area contributed by atoms with Gasteiger partial charge in [-0.25, -0.2) is 4.79 Å². The summed E-state index contributed by atoms with van der Waals surface area (Å²) in [6.45, 7) is 5.01. The highest BCUT2D eigenvalue weighted by atomic mass is 16.5. The van der Waals surface area contributed by atoms with Gasteiger partial charge in [-0.3, -0.25) is 4.79 Å². The lowest BCUT2D eigenvalue weighted by Gasteiger charge is -2.33. The minimum atomic E-state index is -1.17. The first kappa shape index (κ1) is 17.5. The smallest absolute Gasteiger partial charge is 0.329 e. The van der Waals surface area contributed by atoms with E-state index in [1.807, 2.05) is 12.1 Å². The molecule has 1 aromatic rings. The Bertz CT molecular complexity index is 545. The van der Waals surface area contributed by atoms with E-state index in [9.17, 15) is 14.7 Å². The molecule has 2 rings (SSSR count). The third kappa shape index (κ3) is 4.55. The zero-order valence-electron chi connectivity index (χ0n) is 13.8. The predicted octanol–water partition coefficient (Wildman–Crippen LogP) is 2.49. The standard InChI is InChI=1S/C18H25NO4/c1-13(2)15-6-3-14(4-7-15)5-8-16(20)19-18(17(21)22)9-11-23-12-10-18/h3-4,6-7,13H,5,8-12H2,1-2H3,(H,19,20)(H,21,22). The van der Waals surface area contributed by atoms with Crippen molar-refractivity contribution in [2.24, 2.45) is 0 Å². The Morgan fingerprint density at radius 1 is 1.22 bits per heavy atom. The maximum atomic E-state index is 12.2. The van der Waals surface area contributed by atoms with Crippen LogP contribution in [0, 0.1) is 0 Å². The SMILES string of the molecule is CC(C)c1ccc(CCC(=O)NC2(C(=O)O)CCOCC2)cc1. The summed E-state index contributed by atoms with van der Waals surface area (Å²) in [4.78, 5) is 23.7. The average Bonchev–Trinajstić information content (AvgIpc) is 2.54. The number of nitrogens with one attached hydrogen (secondary N) is 1. The Morgan fingerprint density at radius 2 is 1.83 bits per heavy atom. The molecule has 1 fully saturated rings. The molecule has 1 aliphatic heterocycles. The van der Waals surface area contributed by atoms with Gasteiger partial charge in [0.05, 0.1) is 0 Å². The number of carbonyl (C=O) groups excluding carboxylic acids is 1. The number of aryl methyl sites for hydroxylation is 1.